The summed E-state index contributed by atoms with van der Waals surface area (Å²) in [6, 6.07) is 4.25. The minimum atomic E-state index is -4.34. The van der Waals surface area contributed by atoms with Gasteiger partial charge in [-0.2, -0.15) is 8.42 Å². The number of hydrogen-bond acceptors (Lipinski definition) is 9. The van der Waals surface area contributed by atoms with Gasteiger partial charge in [0.15, 0.2) is 11.5 Å². The monoisotopic (exact) mass is 521 g/mol. The minimum absolute atomic E-state index is 0.0227. The van der Waals surface area contributed by atoms with Crippen LogP contribution in [-0.2, 0) is 28.7 Å². The van der Waals surface area contributed by atoms with Crippen molar-refractivity contribution >= 4 is 28.5 Å². The quantitative estimate of drug-likeness (QED) is 0.224. The number of esters is 2. The van der Waals surface area contributed by atoms with E-state index in [-0.39, 0.29) is 36.0 Å². The molecule has 1 aromatic carbocycles. The second-order valence-electron chi connectivity index (χ2n) is 11.7. The summed E-state index contributed by atoms with van der Waals surface area (Å²) in [5.74, 6) is 0.636. The van der Waals surface area contributed by atoms with Crippen LogP contribution in [0.15, 0.2) is 18.2 Å². The van der Waals surface area contributed by atoms with Gasteiger partial charge >= 0.3 is 28.5 Å². The summed E-state index contributed by atoms with van der Waals surface area (Å²) in [6.45, 7) is 6.67. The molecule has 9 nitrogen and oxygen atoms in total. The zero-order valence-corrected chi connectivity index (χ0v) is 22.1. The molecule has 1 atom stereocenters. The van der Waals surface area contributed by atoms with E-state index >= 15 is 0 Å². The fourth-order valence-electron chi connectivity index (χ4n) is 6.52. The van der Waals surface area contributed by atoms with Crippen LogP contribution in [0.25, 0.3) is 0 Å². The zero-order valence-electron chi connectivity index (χ0n) is 21.2. The second-order valence-corrected chi connectivity index (χ2v) is 13.4. The van der Waals surface area contributed by atoms with Crippen LogP contribution in [0.4, 0.5) is 0 Å². The minimum Gasteiger partial charge on any atom is -0.423 e. The Labute approximate surface area is 212 Å². The van der Waals surface area contributed by atoms with E-state index < -0.39 is 32.3 Å². The lowest BCUT2D eigenvalue weighted by atomic mass is 9.49. The number of benzene rings is 1. The van der Waals surface area contributed by atoms with Gasteiger partial charge in [0.25, 0.3) is 0 Å². The fraction of sp³-hybridized carbons (Fsp3) is 0.654. The van der Waals surface area contributed by atoms with Gasteiger partial charge in [-0.3, -0.25) is 14.4 Å². The first-order chi connectivity index (χ1) is 16.8. The van der Waals surface area contributed by atoms with Crippen LogP contribution >= 0.6 is 0 Å². The summed E-state index contributed by atoms with van der Waals surface area (Å²) in [7, 11) is -4.34. The van der Waals surface area contributed by atoms with Crippen molar-refractivity contribution in [3.05, 3.63) is 23.8 Å². The Morgan fingerprint density at radius 1 is 1.06 bits per heavy atom. The molecule has 4 fully saturated rings. The lowest BCUT2D eigenvalue weighted by Gasteiger charge is -2.55. The molecule has 0 aromatic heterocycles. The molecule has 4 saturated carbocycles. The van der Waals surface area contributed by atoms with Crippen molar-refractivity contribution in [2.45, 2.75) is 77.0 Å². The first kappa shape index (κ1) is 26.6. The van der Waals surface area contributed by atoms with Gasteiger partial charge in [0.1, 0.15) is 5.25 Å². The fourth-order valence-corrected chi connectivity index (χ4v) is 7.53. The Bertz CT molecular complexity index is 1100. The highest BCUT2D eigenvalue weighted by Gasteiger charge is 2.55. The maximum absolute atomic E-state index is 13.6. The molecule has 10 heteroatoms. The lowest BCUT2D eigenvalue weighted by molar-refractivity contribution is -0.161. The van der Waals surface area contributed by atoms with Gasteiger partial charge in [0.05, 0.1) is 5.41 Å². The molecule has 198 valence electrons. The van der Waals surface area contributed by atoms with Crippen LogP contribution in [0.1, 0.15) is 77.0 Å². The molecule has 0 aliphatic heterocycles. The highest BCUT2D eigenvalue weighted by Crippen LogP contribution is 2.60. The van der Waals surface area contributed by atoms with Crippen LogP contribution in [0, 0.1) is 23.2 Å². The molecule has 0 radical (unpaired) electrons. The van der Waals surface area contributed by atoms with Crippen molar-refractivity contribution in [1.29, 1.82) is 0 Å². The van der Waals surface area contributed by atoms with Crippen LogP contribution in [0.5, 0.6) is 11.5 Å². The first-order valence-electron chi connectivity index (χ1n) is 12.5. The van der Waals surface area contributed by atoms with E-state index in [9.17, 15) is 22.8 Å². The van der Waals surface area contributed by atoms with Crippen molar-refractivity contribution in [2.24, 2.45) is 23.2 Å². The smallest absolute Gasteiger partial charge is 0.319 e. The van der Waals surface area contributed by atoms with Gasteiger partial charge in [-0.25, -0.2) is 0 Å². The summed E-state index contributed by atoms with van der Waals surface area (Å²) in [5, 5.41) is 1.84. The molecule has 0 saturated heterocycles. The summed E-state index contributed by atoms with van der Waals surface area (Å²) in [5.41, 5.74) is -0.740. The van der Waals surface area contributed by atoms with Crippen LogP contribution in [0.2, 0.25) is 0 Å². The second kappa shape index (κ2) is 9.78. The van der Waals surface area contributed by atoms with E-state index in [0.717, 1.165) is 38.5 Å². The maximum atomic E-state index is 13.6. The van der Waals surface area contributed by atoms with Crippen molar-refractivity contribution in [3.63, 3.8) is 0 Å². The van der Waals surface area contributed by atoms with Crippen LogP contribution in [0.3, 0.4) is 0 Å². The molecule has 1 N–H and O–H groups in total. The van der Waals surface area contributed by atoms with Crippen molar-refractivity contribution in [1.82, 2.24) is 5.32 Å². The number of carbonyl (C=O) groups is 3. The number of hydrogen-bond donors (Lipinski definition) is 1. The summed E-state index contributed by atoms with van der Waals surface area (Å²) in [4.78, 5) is 36.2. The number of carbonyl (C=O) groups excluding carboxylic acids is 3. The largest absolute Gasteiger partial charge is 0.423 e. The van der Waals surface area contributed by atoms with Gasteiger partial charge in [-0.15, -0.1) is 0 Å². The summed E-state index contributed by atoms with van der Waals surface area (Å²) in [6.07, 6.45) is 5.87. The third kappa shape index (κ3) is 5.75. The predicted octanol–water partition coefficient (Wildman–Crippen LogP) is 3.67. The number of rotatable bonds is 9. The van der Waals surface area contributed by atoms with Crippen LogP contribution < -0.4 is 14.8 Å². The first-order valence-corrected chi connectivity index (χ1v) is 13.9. The Hall–Kier alpha value is -2.46. The molecular weight excluding hydrogens is 486 g/mol. The average molecular weight is 522 g/mol. The molecule has 0 spiro atoms. The molecule has 1 unspecified atom stereocenters. The summed E-state index contributed by atoms with van der Waals surface area (Å²) >= 11 is 0. The van der Waals surface area contributed by atoms with Gasteiger partial charge < -0.3 is 19.0 Å². The molecule has 1 aromatic rings. The molecular formula is C26H35NO8S. The van der Waals surface area contributed by atoms with Crippen molar-refractivity contribution in [2.75, 3.05) is 6.54 Å². The number of nitrogens with one attached hydrogen (secondary N) is 1. The predicted molar refractivity (Wildman–Crippen MR) is 131 cm³/mol. The van der Waals surface area contributed by atoms with E-state index in [0.29, 0.717) is 17.8 Å². The van der Waals surface area contributed by atoms with E-state index in [1.54, 1.807) is 0 Å². The Morgan fingerprint density at radius 3 is 2.14 bits per heavy atom. The molecule has 36 heavy (non-hydrogen) atoms. The highest BCUT2D eigenvalue weighted by atomic mass is 32.2. The van der Waals surface area contributed by atoms with E-state index in [1.165, 1.54) is 25.1 Å². The third-order valence-electron chi connectivity index (χ3n) is 7.61. The van der Waals surface area contributed by atoms with Gasteiger partial charge in [-0.05, 0) is 94.7 Å². The van der Waals surface area contributed by atoms with E-state index in [2.05, 4.69) is 9.50 Å². The Balaban J connectivity index is 1.67. The normalized spacial score (nSPS) is 27.8. The van der Waals surface area contributed by atoms with E-state index in [4.69, 9.17) is 9.47 Å². The van der Waals surface area contributed by atoms with Gasteiger partial charge in [0, 0.05) is 19.0 Å². The van der Waals surface area contributed by atoms with Crippen LogP contribution in [-0.4, -0.2) is 38.9 Å². The number of ether oxygens (including phenoxy) is 2. The highest BCUT2D eigenvalue weighted by molar-refractivity contribution is 7.87. The van der Waals surface area contributed by atoms with Gasteiger partial charge in [0.2, 0.25) is 0 Å². The lowest BCUT2D eigenvalue weighted by Crippen LogP contribution is -2.51. The maximum Gasteiger partial charge on any atom is 0.319 e. The SMILES string of the molecule is CC(=O)Oc1ccc(C(CNC(C)(C)C)S(=O)(=O)OC=O)cc1OC(=O)C12CC3CC(CC(C3)C1)C2. The van der Waals surface area contributed by atoms with E-state index in [1.807, 2.05) is 20.8 Å². The molecule has 5 rings (SSSR count). The topological polar surface area (TPSA) is 125 Å². The third-order valence-corrected chi connectivity index (χ3v) is 9.09. The molecule has 0 heterocycles. The Kier molecular flexibility index (Phi) is 7.22. The molecule has 4 aliphatic rings. The van der Waals surface area contributed by atoms with Crippen molar-refractivity contribution < 1.29 is 36.5 Å². The van der Waals surface area contributed by atoms with Crippen molar-refractivity contribution in [3.8, 4) is 11.5 Å². The molecule has 4 aliphatic carbocycles. The van der Waals surface area contributed by atoms with Gasteiger partial charge in [-0.1, -0.05) is 6.07 Å². The molecule has 0 amide bonds. The zero-order chi connectivity index (χ0) is 26.3. The summed E-state index contributed by atoms with van der Waals surface area (Å²) < 4.78 is 41.2. The average Bonchev–Trinajstić information content (AvgIpc) is 2.73. The Morgan fingerprint density at radius 2 is 1.64 bits per heavy atom. The standard InChI is InChI=1S/C26H35NO8S/c1-16(29)34-21-6-5-20(23(14-27-25(2,3)4)36(31,32)33-15-28)10-22(21)35-24(30)26-11-17-7-18(12-26)9-19(8-17)13-26/h5-6,10,15,17-19,23,27H,7-9,11-14H2,1-4H3. The molecule has 4 bridgehead atoms.